The topological polar surface area (TPSA) is 47.0 Å². The van der Waals surface area contributed by atoms with Gasteiger partial charge in [-0.25, -0.2) is 4.98 Å². The van der Waals surface area contributed by atoms with Crippen molar-refractivity contribution >= 4 is 17.6 Å². The first-order chi connectivity index (χ1) is 8.44. The van der Waals surface area contributed by atoms with Gasteiger partial charge in [0.1, 0.15) is 5.82 Å². The fraction of sp³-hybridized carbons (Fsp3) is 0.600. The van der Waals surface area contributed by atoms with Crippen molar-refractivity contribution in [3.63, 3.8) is 0 Å². The molecule has 18 heavy (non-hydrogen) atoms. The Kier molecular flexibility index (Phi) is 5.52. The Morgan fingerprint density at radius 2 is 2.11 bits per heavy atom. The molecular formula is C10H14F3N3OS. The summed E-state index contributed by atoms with van der Waals surface area (Å²) in [5.41, 5.74) is 0. The van der Waals surface area contributed by atoms with Gasteiger partial charge in [0.05, 0.1) is 13.0 Å². The minimum absolute atomic E-state index is 0.148. The molecule has 1 aromatic heterocycles. The molecule has 1 aromatic rings. The summed E-state index contributed by atoms with van der Waals surface area (Å²) in [5.74, 6) is 0.688. The van der Waals surface area contributed by atoms with Crippen LogP contribution in [0.4, 0.5) is 19.0 Å². The van der Waals surface area contributed by atoms with Gasteiger partial charge >= 0.3 is 6.18 Å². The molecule has 4 nitrogen and oxygen atoms in total. The fourth-order valence-electron chi connectivity index (χ4n) is 1.11. The number of halogens is 3. The molecule has 0 fully saturated rings. The van der Waals surface area contributed by atoms with Crippen molar-refractivity contribution in [1.29, 1.82) is 0 Å². The molecule has 1 N–H and O–H groups in total. The van der Waals surface area contributed by atoms with Crippen molar-refractivity contribution in [3.8, 4) is 5.88 Å². The van der Waals surface area contributed by atoms with E-state index in [-0.39, 0.29) is 5.88 Å². The third-order valence-corrected chi connectivity index (χ3v) is 2.41. The number of rotatable bonds is 6. The molecule has 0 radical (unpaired) electrons. The van der Waals surface area contributed by atoms with Gasteiger partial charge in [-0.1, -0.05) is 11.8 Å². The minimum atomic E-state index is -4.22. The zero-order valence-corrected chi connectivity index (χ0v) is 10.9. The smallest absolute Gasteiger partial charge is 0.392 e. The van der Waals surface area contributed by atoms with E-state index in [1.54, 1.807) is 6.26 Å². The Hall–Kier alpha value is -1.18. The first-order valence-electron chi connectivity index (χ1n) is 5.31. The van der Waals surface area contributed by atoms with E-state index in [0.717, 1.165) is 0 Å². The largest absolute Gasteiger partial charge is 0.477 e. The maximum atomic E-state index is 12.0. The van der Waals surface area contributed by atoms with Crippen molar-refractivity contribution in [3.05, 3.63) is 6.07 Å². The van der Waals surface area contributed by atoms with Crippen LogP contribution in [0.2, 0.25) is 0 Å². The molecule has 8 heteroatoms. The lowest BCUT2D eigenvalue weighted by atomic mass is 10.4. The normalized spacial score (nSPS) is 11.4. The van der Waals surface area contributed by atoms with Crippen molar-refractivity contribution < 1.29 is 17.9 Å². The summed E-state index contributed by atoms with van der Waals surface area (Å²) in [6.07, 6.45) is -3.44. The van der Waals surface area contributed by atoms with Gasteiger partial charge in [0.25, 0.3) is 0 Å². The highest BCUT2D eigenvalue weighted by Gasteiger charge is 2.27. The van der Waals surface area contributed by atoms with E-state index >= 15 is 0 Å². The second-order valence-electron chi connectivity index (χ2n) is 3.32. The van der Waals surface area contributed by atoms with Crippen molar-refractivity contribution in [2.75, 3.05) is 24.7 Å². The second-order valence-corrected chi connectivity index (χ2v) is 4.10. The van der Waals surface area contributed by atoms with Gasteiger partial charge in [0, 0.05) is 12.6 Å². The highest BCUT2D eigenvalue weighted by Crippen LogP contribution is 2.22. The van der Waals surface area contributed by atoms with E-state index in [9.17, 15) is 13.2 Å². The van der Waals surface area contributed by atoms with Crippen LogP contribution in [-0.4, -0.2) is 35.6 Å². The molecule has 0 aromatic carbocycles. The van der Waals surface area contributed by atoms with Gasteiger partial charge < -0.3 is 10.1 Å². The van der Waals surface area contributed by atoms with Crippen LogP contribution >= 0.6 is 11.8 Å². The average molecular weight is 281 g/mol. The standard InChI is InChI=1S/C10H14F3N3OS/c1-3-14-7-6-8(16-9(15-7)18-2)17-5-4-10(11,12)13/h6H,3-5H2,1-2H3,(H,14,15,16). The van der Waals surface area contributed by atoms with Crippen LogP contribution in [0.15, 0.2) is 11.2 Å². The predicted octanol–water partition coefficient (Wildman–Crippen LogP) is 2.96. The van der Waals surface area contributed by atoms with E-state index in [1.807, 2.05) is 6.92 Å². The number of thioether (sulfide) groups is 1. The zero-order valence-electron chi connectivity index (χ0n) is 10.0. The van der Waals surface area contributed by atoms with E-state index in [1.165, 1.54) is 17.8 Å². The molecule has 0 atom stereocenters. The molecule has 0 unspecified atom stereocenters. The highest BCUT2D eigenvalue weighted by molar-refractivity contribution is 7.98. The maximum Gasteiger partial charge on any atom is 0.392 e. The van der Waals surface area contributed by atoms with Crippen LogP contribution in [0.25, 0.3) is 0 Å². The van der Waals surface area contributed by atoms with Gasteiger partial charge in [-0.3, -0.25) is 0 Å². The molecule has 0 spiro atoms. The lowest BCUT2D eigenvalue weighted by molar-refractivity contribution is -0.139. The van der Waals surface area contributed by atoms with Crippen LogP contribution in [-0.2, 0) is 0 Å². The van der Waals surface area contributed by atoms with Gasteiger partial charge in [-0.2, -0.15) is 18.2 Å². The first-order valence-corrected chi connectivity index (χ1v) is 6.53. The molecule has 1 rings (SSSR count). The molecule has 0 amide bonds. The Balaban J connectivity index is 2.66. The third-order valence-electron chi connectivity index (χ3n) is 1.86. The Morgan fingerprint density at radius 3 is 2.67 bits per heavy atom. The number of anilines is 1. The molecule has 0 bridgehead atoms. The summed E-state index contributed by atoms with van der Waals surface area (Å²) in [7, 11) is 0. The summed E-state index contributed by atoms with van der Waals surface area (Å²) in [6.45, 7) is 2.11. The van der Waals surface area contributed by atoms with Crippen LogP contribution in [0.3, 0.4) is 0 Å². The van der Waals surface area contributed by atoms with E-state index in [4.69, 9.17) is 4.74 Å². The van der Waals surface area contributed by atoms with Crippen molar-refractivity contribution in [2.24, 2.45) is 0 Å². The third kappa shape index (κ3) is 5.44. The molecule has 0 aliphatic heterocycles. The van der Waals surface area contributed by atoms with Crippen LogP contribution in [0, 0.1) is 0 Å². The van der Waals surface area contributed by atoms with Crippen molar-refractivity contribution in [1.82, 2.24) is 9.97 Å². The SMILES string of the molecule is CCNc1cc(OCCC(F)(F)F)nc(SC)n1. The number of aromatic nitrogens is 2. The Bertz CT molecular complexity index is 387. The quantitative estimate of drug-likeness (QED) is 0.641. The first kappa shape index (κ1) is 14.9. The molecule has 0 saturated carbocycles. The number of hydrogen-bond donors (Lipinski definition) is 1. The molecule has 0 aliphatic rings. The van der Waals surface area contributed by atoms with Crippen molar-refractivity contribution in [2.45, 2.75) is 24.7 Å². The average Bonchev–Trinajstić information content (AvgIpc) is 2.27. The van der Waals surface area contributed by atoms with E-state index in [2.05, 4.69) is 15.3 Å². The summed E-state index contributed by atoms with van der Waals surface area (Å²) in [4.78, 5) is 8.11. The van der Waals surface area contributed by atoms with Crippen LogP contribution in [0.1, 0.15) is 13.3 Å². The predicted molar refractivity (Wildman–Crippen MR) is 64.1 cm³/mol. The summed E-state index contributed by atoms with van der Waals surface area (Å²) in [5, 5.41) is 3.42. The van der Waals surface area contributed by atoms with E-state index in [0.29, 0.717) is 17.5 Å². The van der Waals surface area contributed by atoms with Gasteiger partial charge in [0.2, 0.25) is 5.88 Å². The number of nitrogens with one attached hydrogen (secondary N) is 1. The Labute approximate surface area is 107 Å². The Morgan fingerprint density at radius 1 is 1.39 bits per heavy atom. The number of alkyl halides is 3. The second kappa shape index (κ2) is 6.67. The van der Waals surface area contributed by atoms with Gasteiger partial charge in [-0.05, 0) is 13.2 Å². The summed E-state index contributed by atoms with van der Waals surface area (Å²) in [6, 6.07) is 1.49. The van der Waals surface area contributed by atoms with Gasteiger partial charge in [-0.15, -0.1) is 0 Å². The molecule has 0 saturated heterocycles. The highest BCUT2D eigenvalue weighted by atomic mass is 32.2. The molecule has 1 heterocycles. The molecule has 0 aliphatic carbocycles. The number of nitrogens with zero attached hydrogens (tertiary/aromatic N) is 2. The fourth-order valence-corrected chi connectivity index (χ4v) is 1.48. The summed E-state index contributed by atoms with van der Waals surface area (Å²) >= 11 is 1.30. The van der Waals surface area contributed by atoms with Crippen LogP contribution < -0.4 is 10.1 Å². The zero-order chi connectivity index (χ0) is 13.6. The summed E-state index contributed by atoms with van der Waals surface area (Å²) < 4.78 is 40.9. The lowest BCUT2D eigenvalue weighted by Crippen LogP contribution is -2.13. The minimum Gasteiger partial charge on any atom is -0.477 e. The number of hydrogen-bond acceptors (Lipinski definition) is 5. The molecule has 102 valence electrons. The van der Waals surface area contributed by atoms with E-state index < -0.39 is 19.2 Å². The van der Waals surface area contributed by atoms with Gasteiger partial charge in [0.15, 0.2) is 5.16 Å². The number of ether oxygens (including phenoxy) is 1. The maximum absolute atomic E-state index is 12.0. The lowest BCUT2D eigenvalue weighted by Gasteiger charge is -2.10. The van der Waals surface area contributed by atoms with Crippen LogP contribution in [0.5, 0.6) is 5.88 Å². The molecular weight excluding hydrogens is 267 g/mol. The monoisotopic (exact) mass is 281 g/mol.